The first-order valence-corrected chi connectivity index (χ1v) is 8.28. The molecule has 0 saturated carbocycles. The van der Waals surface area contributed by atoms with Gasteiger partial charge in [0.2, 0.25) is 0 Å². The molecule has 3 nitrogen and oxygen atoms in total. The van der Waals surface area contributed by atoms with Gasteiger partial charge in [0.15, 0.2) is 5.78 Å². The van der Waals surface area contributed by atoms with Crippen LogP contribution in [-0.2, 0) is 6.42 Å². The summed E-state index contributed by atoms with van der Waals surface area (Å²) in [6.45, 7) is 0. The number of para-hydroxylation sites is 1. The number of thiophene rings is 1. The molecular weight excluding hydrogens is 304 g/mol. The SMILES string of the molecule is O=C(Cc1ccccc1)c1csc(-c2n[nH]c3ccccc23)c1. The van der Waals surface area contributed by atoms with Gasteiger partial charge in [0.1, 0.15) is 5.69 Å². The van der Waals surface area contributed by atoms with E-state index in [0.29, 0.717) is 6.42 Å². The molecule has 1 N–H and O–H groups in total. The molecule has 23 heavy (non-hydrogen) atoms. The highest BCUT2D eigenvalue weighted by atomic mass is 32.1. The minimum Gasteiger partial charge on any atom is -0.294 e. The van der Waals surface area contributed by atoms with Crippen LogP contribution in [-0.4, -0.2) is 16.0 Å². The number of nitrogens with one attached hydrogen (secondary N) is 1. The standard InChI is InChI=1S/C19H14N2OS/c22-17(10-13-6-2-1-3-7-13)14-11-18(23-12-14)19-15-8-4-5-9-16(15)20-21-19/h1-9,11-12H,10H2,(H,20,21). The van der Waals surface area contributed by atoms with Crippen molar-refractivity contribution < 1.29 is 4.79 Å². The number of nitrogens with zero attached hydrogens (tertiary/aromatic N) is 1. The van der Waals surface area contributed by atoms with Crippen molar-refractivity contribution in [1.82, 2.24) is 10.2 Å². The second kappa shape index (κ2) is 5.82. The molecule has 0 bridgehead atoms. The lowest BCUT2D eigenvalue weighted by Gasteiger charge is -1.98. The molecule has 0 unspecified atom stereocenters. The number of benzene rings is 2. The number of carbonyl (C=O) groups is 1. The summed E-state index contributed by atoms with van der Waals surface area (Å²) in [5, 5.41) is 10.4. The lowest BCUT2D eigenvalue weighted by Crippen LogP contribution is -2.01. The highest BCUT2D eigenvalue weighted by Gasteiger charge is 2.14. The monoisotopic (exact) mass is 318 g/mol. The molecule has 2 aromatic carbocycles. The maximum absolute atomic E-state index is 12.4. The van der Waals surface area contributed by atoms with Gasteiger partial charge in [-0.3, -0.25) is 9.89 Å². The Hall–Kier alpha value is -2.72. The number of fused-ring (bicyclic) bond motifs is 1. The van der Waals surface area contributed by atoms with Gasteiger partial charge < -0.3 is 0 Å². The van der Waals surface area contributed by atoms with Crippen LogP contribution >= 0.6 is 11.3 Å². The number of Topliss-reactive ketones (excluding diaryl/α,β-unsaturated/α-hetero) is 1. The molecule has 0 radical (unpaired) electrons. The van der Waals surface area contributed by atoms with E-state index in [1.807, 2.05) is 66.0 Å². The largest absolute Gasteiger partial charge is 0.294 e. The van der Waals surface area contributed by atoms with E-state index in [0.717, 1.165) is 32.6 Å². The first kappa shape index (κ1) is 13.9. The number of aromatic amines is 1. The minimum absolute atomic E-state index is 0.138. The van der Waals surface area contributed by atoms with Crippen molar-refractivity contribution in [2.24, 2.45) is 0 Å². The zero-order valence-electron chi connectivity index (χ0n) is 12.3. The van der Waals surface area contributed by atoms with Gasteiger partial charge in [0, 0.05) is 22.8 Å². The number of rotatable bonds is 4. The highest BCUT2D eigenvalue weighted by molar-refractivity contribution is 7.14. The van der Waals surface area contributed by atoms with Crippen LogP contribution in [0.5, 0.6) is 0 Å². The molecule has 0 aliphatic heterocycles. The van der Waals surface area contributed by atoms with E-state index >= 15 is 0 Å². The molecule has 2 aromatic heterocycles. The number of hydrogen-bond acceptors (Lipinski definition) is 3. The Morgan fingerprint density at radius 3 is 2.70 bits per heavy atom. The molecule has 0 aliphatic rings. The third kappa shape index (κ3) is 2.69. The fourth-order valence-corrected chi connectivity index (χ4v) is 3.56. The number of aromatic nitrogens is 2. The van der Waals surface area contributed by atoms with E-state index < -0.39 is 0 Å². The van der Waals surface area contributed by atoms with E-state index in [-0.39, 0.29) is 5.78 Å². The number of carbonyl (C=O) groups excluding carboxylic acids is 1. The predicted molar refractivity (Wildman–Crippen MR) is 93.9 cm³/mol. The van der Waals surface area contributed by atoms with Crippen LogP contribution in [0, 0.1) is 0 Å². The van der Waals surface area contributed by atoms with Crippen molar-refractivity contribution in [3.63, 3.8) is 0 Å². The molecule has 4 rings (SSSR count). The van der Waals surface area contributed by atoms with E-state index in [2.05, 4.69) is 10.2 Å². The van der Waals surface area contributed by atoms with Gasteiger partial charge in [-0.15, -0.1) is 11.3 Å². The Labute approximate surface area is 137 Å². The first-order valence-electron chi connectivity index (χ1n) is 7.40. The summed E-state index contributed by atoms with van der Waals surface area (Å²) in [6.07, 6.45) is 0.429. The molecule has 112 valence electrons. The van der Waals surface area contributed by atoms with Crippen LogP contribution in [0.4, 0.5) is 0 Å². The first-order chi connectivity index (χ1) is 11.3. The van der Waals surface area contributed by atoms with E-state index in [4.69, 9.17) is 0 Å². The van der Waals surface area contributed by atoms with Crippen molar-refractivity contribution in [3.05, 3.63) is 77.2 Å². The smallest absolute Gasteiger partial charge is 0.168 e. The normalized spacial score (nSPS) is 11.0. The maximum Gasteiger partial charge on any atom is 0.168 e. The Morgan fingerprint density at radius 1 is 1.04 bits per heavy atom. The molecule has 0 atom stereocenters. The average molecular weight is 318 g/mol. The summed E-state index contributed by atoms with van der Waals surface area (Å²) in [6, 6.07) is 19.8. The van der Waals surface area contributed by atoms with E-state index in [1.165, 1.54) is 0 Å². The van der Waals surface area contributed by atoms with Crippen LogP contribution in [0.15, 0.2) is 66.0 Å². The van der Waals surface area contributed by atoms with Gasteiger partial charge in [-0.05, 0) is 17.7 Å². The topological polar surface area (TPSA) is 45.8 Å². The molecular formula is C19H14N2OS. The third-order valence-electron chi connectivity index (χ3n) is 3.83. The van der Waals surface area contributed by atoms with Gasteiger partial charge in [-0.1, -0.05) is 48.5 Å². The third-order valence-corrected chi connectivity index (χ3v) is 4.77. The Kier molecular flexibility index (Phi) is 3.52. The Balaban J connectivity index is 1.63. The van der Waals surface area contributed by atoms with Gasteiger partial charge >= 0.3 is 0 Å². The van der Waals surface area contributed by atoms with Gasteiger partial charge in [-0.2, -0.15) is 5.10 Å². The Morgan fingerprint density at radius 2 is 1.83 bits per heavy atom. The molecule has 2 heterocycles. The van der Waals surface area contributed by atoms with Crippen molar-refractivity contribution in [2.45, 2.75) is 6.42 Å². The maximum atomic E-state index is 12.4. The number of H-pyrrole nitrogens is 1. The molecule has 0 spiro atoms. The lowest BCUT2D eigenvalue weighted by molar-refractivity contribution is 0.0993. The summed E-state index contributed by atoms with van der Waals surface area (Å²) in [5.74, 6) is 0.138. The average Bonchev–Trinajstić information content (AvgIpc) is 3.22. The molecule has 0 saturated heterocycles. The van der Waals surface area contributed by atoms with Gasteiger partial charge in [0.05, 0.1) is 10.4 Å². The van der Waals surface area contributed by atoms with Crippen LogP contribution in [0.25, 0.3) is 21.5 Å². The minimum atomic E-state index is 0.138. The summed E-state index contributed by atoms with van der Waals surface area (Å²) in [7, 11) is 0. The predicted octanol–water partition coefficient (Wildman–Crippen LogP) is 4.72. The zero-order chi connectivity index (χ0) is 15.6. The summed E-state index contributed by atoms with van der Waals surface area (Å²) in [4.78, 5) is 13.5. The van der Waals surface area contributed by atoms with Crippen molar-refractivity contribution in [2.75, 3.05) is 0 Å². The molecule has 0 fully saturated rings. The van der Waals surface area contributed by atoms with Gasteiger partial charge in [0.25, 0.3) is 0 Å². The Bertz CT molecular complexity index is 969. The second-order valence-electron chi connectivity index (χ2n) is 5.40. The van der Waals surface area contributed by atoms with Crippen molar-refractivity contribution in [3.8, 4) is 10.6 Å². The fourth-order valence-electron chi connectivity index (χ4n) is 2.64. The van der Waals surface area contributed by atoms with Crippen LogP contribution in [0.2, 0.25) is 0 Å². The molecule has 4 aromatic rings. The second-order valence-corrected chi connectivity index (χ2v) is 6.31. The summed E-state index contributed by atoms with van der Waals surface area (Å²) >= 11 is 1.56. The lowest BCUT2D eigenvalue weighted by atomic mass is 10.0. The number of ketones is 1. The summed E-state index contributed by atoms with van der Waals surface area (Å²) in [5.41, 5.74) is 3.70. The van der Waals surface area contributed by atoms with Crippen molar-refractivity contribution in [1.29, 1.82) is 0 Å². The molecule has 0 amide bonds. The van der Waals surface area contributed by atoms with E-state index in [1.54, 1.807) is 11.3 Å². The van der Waals surface area contributed by atoms with Crippen LogP contribution in [0.3, 0.4) is 0 Å². The zero-order valence-corrected chi connectivity index (χ0v) is 13.1. The van der Waals surface area contributed by atoms with Crippen molar-refractivity contribution >= 4 is 28.0 Å². The van der Waals surface area contributed by atoms with E-state index in [9.17, 15) is 4.79 Å². The van der Waals surface area contributed by atoms with Crippen LogP contribution in [0.1, 0.15) is 15.9 Å². The van der Waals surface area contributed by atoms with Gasteiger partial charge in [-0.25, -0.2) is 0 Å². The molecule has 0 aliphatic carbocycles. The highest BCUT2D eigenvalue weighted by Crippen LogP contribution is 2.31. The fraction of sp³-hybridized carbons (Fsp3) is 0.0526. The quantitative estimate of drug-likeness (QED) is 0.554. The number of hydrogen-bond donors (Lipinski definition) is 1. The molecule has 4 heteroatoms. The van der Waals surface area contributed by atoms with Crippen LogP contribution < -0.4 is 0 Å². The summed E-state index contributed by atoms with van der Waals surface area (Å²) < 4.78 is 0.